The molecule has 0 aromatic heterocycles. The van der Waals surface area contributed by atoms with Gasteiger partial charge in [-0.3, -0.25) is 14.4 Å². The Morgan fingerprint density at radius 1 is 1.09 bits per heavy atom. The molecule has 8 nitrogen and oxygen atoms in total. The van der Waals surface area contributed by atoms with Crippen molar-refractivity contribution in [2.75, 3.05) is 13.6 Å². The summed E-state index contributed by atoms with van der Waals surface area (Å²) in [5, 5.41) is 3.14. The summed E-state index contributed by atoms with van der Waals surface area (Å²) in [6.45, 7) is 1.11. The SMILES string of the molecule is CNC(=O)[C@H](C)N(Cc1c(Cl)cccc1Cl)C(=O)CCN1C(=O)c2ccccc2S1(=O)=O. The Bertz CT molecular complexity index is 1170. The third-order valence-electron chi connectivity index (χ3n) is 5.24. The second-order valence-electron chi connectivity index (χ2n) is 7.14. The summed E-state index contributed by atoms with van der Waals surface area (Å²) >= 11 is 12.5. The van der Waals surface area contributed by atoms with Gasteiger partial charge in [0.2, 0.25) is 11.8 Å². The van der Waals surface area contributed by atoms with Gasteiger partial charge in [0, 0.05) is 42.2 Å². The summed E-state index contributed by atoms with van der Waals surface area (Å²) in [6, 6.07) is 9.87. The molecule has 0 saturated heterocycles. The first-order chi connectivity index (χ1) is 15.1. The van der Waals surface area contributed by atoms with Crippen LogP contribution in [0.2, 0.25) is 10.0 Å². The summed E-state index contributed by atoms with van der Waals surface area (Å²) in [7, 11) is -2.60. The van der Waals surface area contributed by atoms with E-state index in [1.165, 1.54) is 37.1 Å². The number of rotatable bonds is 7. The molecule has 0 radical (unpaired) electrons. The molecule has 2 aromatic rings. The molecule has 1 N–H and O–H groups in total. The first-order valence-electron chi connectivity index (χ1n) is 9.69. The van der Waals surface area contributed by atoms with Gasteiger partial charge in [-0.25, -0.2) is 12.7 Å². The minimum Gasteiger partial charge on any atom is -0.357 e. The van der Waals surface area contributed by atoms with E-state index in [1.807, 2.05) is 0 Å². The molecule has 32 heavy (non-hydrogen) atoms. The van der Waals surface area contributed by atoms with Crippen LogP contribution in [0.1, 0.15) is 29.3 Å². The Balaban J connectivity index is 1.83. The molecule has 170 valence electrons. The van der Waals surface area contributed by atoms with Gasteiger partial charge in [0.15, 0.2) is 0 Å². The first-order valence-corrected chi connectivity index (χ1v) is 11.9. The zero-order valence-electron chi connectivity index (χ0n) is 17.3. The van der Waals surface area contributed by atoms with Gasteiger partial charge in [-0.15, -0.1) is 0 Å². The normalized spacial score (nSPS) is 15.2. The standard InChI is InChI=1S/C21H21Cl2N3O5S/c1-13(20(28)24-2)25(12-15-16(22)7-5-8-17(15)23)19(27)10-11-26-21(29)14-6-3-4-9-18(14)32(26,30)31/h3-9,13H,10-12H2,1-2H3,(H,24,28)/t13-/m0/s1. The lowest BCUT2D eigenvalue weighted by Gasteiger charge is -2.29. The van der Waals surface area contributed by atoms with Crippen LogP contribution in [0.5, 0.6) is 0 Å². The zero-order valence-corrected chi connectivity index (χ0v) is 19.7. The molecule has 11 heteroatoms. The highest BCUT2D eigenvalue weighted by atomic mass is 35.5. The van der Waals surface area contributed by atoms with Crippen LogP contribution in [0, 0.1) is 0 Å². The van der Waals surface area contributed by atoms with Gasteiger partial charge in [0.25, 0.3) is 15.9 Å². The lowest BCUT2D eigenvalue weighted by atomic mass is 10.1. The van der Waals surface area contributed by atoms with Gasteiger partial charge in [0.05, 0.1) is 5.56 Å². The summed E-state index contributed by atoms with van der Waals surface area (Å²) in [5.74, 6) is -1.64. The van der Waals surface area contributed by atoms with Crippen LogP contribution in [0.3, 0.4) is 0 Å². The number of carbonyl (C=O) groups excluding carboxylic acids is 3. The maximum absolute atomic E-state index is 13.1. The highest BCUT2D eigenvalue weighted by Gasteiger charge is 2.41. The number of fused-ring (bicyclic) bond motifs is 1. The molecule has 1 aliphatic rings. The average Bonchev–Trinajstić information content (AvgIpc) is 2.96. The van der Waals surface area contributed by atoms with Gasteiger partial charge >= 0.3 is 0 Å². The molecular formula is C21H21Cl2N3O5S. The minimum absolute atomic E-state index is 0.0627. The van der Waals surface area contributed by atoms with E-state index in [4.69, 9.17) is 23.2 Å². The van der Waals surface area contributed by atoms with Crippen molar-refractivity contribution in [1.82, 2.24) is 14.5 Å². The van der Waals surface area contributed by atoms with E-state index in [0.717, 1.165) is 0 Å². The lowest BCUT2D eigenvalue weighted by molar-refractivity contribution is -0.140. The fourth-order valence-corrected chi connectivity index (χ4v) is 5.52. The number of nitrogens with one attached hydrogen (secondary N) is 1. The van der Waals surface area contributed by atoms with E-state index in [2.05, 4.69) is 5.32 Å². The second-order valence-corrected chi connectivity index (χ2v) is 9.79. The van der Waals surface area contributed by atoms with Crippen LogP contribution in [0.4, 0.5) is 0 Å². The summed E-state index contributed by atoms with van der Waals surface area (Å²) in [5.41, 5.74) is 0.524. The van der Waals surface area contributed by atoms with Gasteiger partial charge in [-0.05, 0) is 31.2 Å². The summed E-state index contributed by atoms with van der Waals surface area (Å²) in [4.78, 5) is 39.1. The molecule has 3 rings (SSSR count). The Labute approximate surface area is 196 Å². The predicted octanol–water partition coefficient (Wildman–Crippen LogP) is 2.69. The molecule has 0 unspecified atom stereocenters. The number of amides is 3. The number of hydrogen-bond donors (Lipinski definition) is 1. The van der Waals surface area contributed by atoms with Gasteiger partial charge in [0.1, 0.15) is 10.9 Å². The predicted molar refractivity (Wildman–Crippen MR) is 120 cm³/mol. The highest BCUT2D eigenvalue weighted by Crippen LogP contribution is 2.30. The molecule has 0 fully saturated rings. The van der Waals surface area contributed by atoms with Gasteiger partial charge in [-0.1, -0.05) is 41.4 Å². The van der Waals surface area contributed by atoms with E-state index < -0.39 is 33.8 Å². The monoisotopic (exact) mass is 497 g/mol. The average molecular weight is 498 g/mol. The number of benzene rings is 2. The first kappa shape index (κ1) is 24.0. The van der Waals surface area contributed by atoms with Crippen molar-refractivity contribution < 1.29 is 22.8 Å². The fourth-order valence-electron chi connectivity index (χ4n) is 3.44. The molecule has 0 bridgehead atoms. The van der Waals surface area contributed by atoms with Crippen LogP contribution >= 0.6 is 23.2 Å². The Morgan fingerprint density at radius 3 is 2.31 bits per heavy atom. The number of halogens is 2. The fraction of sp³-hybridized carbons (Fsp3) is 0.286. The summed E-state index contributed by atoms with van der Waals surface area (Å²) in [6.07, 6.45) is -0.317. The van der Waals surface area contributed by atoms with Crippen molar-refractivity contribution in [1.29, 1.82) is 0 Å². The number of sulfonamides is 1. The van der Waals surface area contributed by atoms with Crippen molar-refractivity contribution >= 4 is 50.9 Å². The van der Waals surface area contributed by atoms with Gasteiger partial charge in [-0.2, -0.15) is 0 Å². The van der Waals surface area contributed by atoms with Crippen LogP contribution in [0.25, 0.3) is 0 Å². The maximum atomic E-state index is 13.1. The van der Waals surface area contributed by atoms with E-state index in [-0.39, 0.29) is 30.0 Å². The molecule has 0 spiro atoms. The van der Waals surface area contributed by atoms with Crippen LogP contribution < -0.4 is 5.32 Å². The molecule has 1 atom stereocenters. The number of hydrogen-bond acceptors (Lipinski definition) is 5. The van der Waals surface area contributed by atoms with Crippen molar-refractivity contribution in [3.63, 3.8) is 0 Å². The zero-order chi connectivity index (χ0) is 23.6. The van der Waals surface area contributed by atoms with E-state index in [1.54, 1.807) is 24.3 Å². The third kappa shape index (κ3) is 4.46. The van der Waals surface area contributed by atoms with Crippen molar-refractivity contribution in [2.45, 2.75) is 30.8 Å². The van der Waals surface area contributed by atoms with E-state index in [0.29, 0.717) is 19.9 Å². The van der Waals surface area contributed by atoms with Crippen LogP contribution in [-0.2, 0) is 26.2 Å². The van der Waals surface area contributed by atoms with Crippen molar-refractivity contribution in [2.24, 2.45) is 0 Å². The molecular weight excluding hydrogens is 477 g/mol. The minimum atomic E-state index is -4.04. The molecule has 1 heterocycles. The highest BCUT2D eigenvalue weighted by molar-refractivity contribution is 7.90. The second kappa shape index (κ2) is 9.48. The van der Waals surface area contributed by atoms with Crippen LogP contribution in [0.15, 0.2) is 47.4 Å². The molecule has 3 amide bonds. The smallest absolute Gasteiger partial charge is 0.269 e. The Morgan fingerprint density at radius 2 is 1.72 bits per heavy atom. The molecule has 1 aliphatic heterocycles. The third-order valence-corrected chi connectivity index (χ3v) is 7.79. The topological polar surface area (TPSA) is 104 Å². The molecule has 2 aromatic carbocycles. The maximum Gasteiger partial charge on any atom is 0.269 e. The lowest BCUT2D eigenvalue weighted by Crippen LogP contribution is -2.47. The molecule has 0 aliphatic carbocycles. The summed E-state index contributed by atoms with van der Waals surface area (Å²) < 4.78 is 26.1. The van der Waals surface area contributed by atoms with E-state index >= 15 is 0 Å². The van der Waals surface area contributed by atoms with Crippen LogP contribution in [-0.4, -0.2) is 55.0 Å². The largest absolute Gasteiger partial charge is 0.357 e. The molecule has 0 saturated carbocycles. The Kier molecular flexibility index (Phi) is 7.12. The Hall–Kier alpha value is -2.62. The quantitative estimate of drug-likeness (QED) is 0.633. The van der Waals surface area contributed by atoms with Gasteiger partial charge < -0.3 is 10.2 Å². The number of nitrogens with zero attached hydrogens (tertiary/aromatic N) is 2. The van der Waals surface area contributed by atoms with Crippen molar-refractivity contribution in [3.05, 3.63) is 63.6 Å². The van der Waals surface area contributed by atoms with E-state index in [9.17, 15) is 22.8 Å². The number of likely N-dealkylation sites (N-methyl/N-ethyl adjacent to an activating group) is 1. The van der Waals surface area contributed by atoms with Crippen molar-refractivity contribution in [3.8, 4) is 0 Å². The number of carbonyl (C=O) groups is 3.